The van der Waals surface area contributed by atoms with Crippen molar-refractivity contribution in [2.45, 2.75) is 19.9 Å². The summed E-state index contributed by atoms with van der Waals surface area (Å²) in [5, 5.41) is 11.6. The standard InChI is InChI=1S/C16H17Cl2N3O3/c1-4-14(24-3)16(23)21(10(2)15(22)20-8-7-19)11-5-6-12(17)13(18)9-11/h4-6,9-10H,8H2,1-3H3,(H,20,22). The van der Waals surface area contributed by atoms with E-state index in [-0.39, 0.29) is 17.3 Å². The van der Waals surface area contributed by atoms with E-state index >= 15 is 0 Å². The largest absolute Gasteiger partial charge is 0.491 e. The lowest BCUT2D eigenvalue weighted by Crippen LogP contribution is -2.49. The van der Waals surface area contributed by atoms with Crippen molar-refractivity contribution in [3.8, 4) is 6.07 Å². The van der Waals surface area contributed by atoms with Crippen molar-refractivity contribution in [1.29, 1.82) is 5.26 Å². The van der Waals surface area contributed by atoms with E-state index in [1.807, 2.05) is 6.07 Å². The molecule has 0 spiro atoms. The molecule has 0 fully saturated rings. The second kappa shape index (κ2) is 9.16. The van der Waals surface area contributed by atoms with Gasteiger partial charge in [0.25, 0.3) is 5.91 Å². The molecular weight excluding hydrogens is 353 g/mol. The summed E-state index contributed by atoms with van der Waals surface area (Å²) in [7, 11) is 1.36. The van der Waals surface area contributed by atoms with Gasteiger partial charge in [0.2, 0.25) is 5.91 Å². The van der Waals surface area contributed by atoms with Gasteiger partial charge in [-0.3, -0.25) is 14.5 Å². The molecule has 0 aliphatic heterocycles. The highest BCUT2D eigenvalue weighted by Gasteiger charge is 2.30. The van der Waals surface area contributed by atoms with E-state index in [0.717, 1.165) is 0 Å². The van der Waals surface area contributed by atoms with Gasteiger partial charge in [0, 0.05) is 5.69 Å². The number of methoxy groups -OCH3 is 1. The lowest BCUT2D eigenvalue weighted by molar-refractivity contribution is -0.125. The Morgan fingerprint density at radius 2 is 2.08 bits per heavy atom. The van der Waals surface area contributed by atoms with Crippen LogP contribution in [-0.4, -0.2) is 31.5 Å². The number of amides is 2. The van der Waals surface area contributed by atoms with Crippen molar-refractivity contribution in [2.75, 3.05) is 18.6 Å². The van der Waals surface area contributed by atoms with Crippen LogP contribution in [0.1, 0.15) is 13.8 Å². The number of nitrogens with zero attached hydrogens (tertiary/aromatic N) is 2. The highest BCUT2D eigenvalue weighted by atomic mass is 35.5. The number of hydrogen-bond acceptors (Lipinski definition) is 4. The maximum atomic E-state index is 12.7. The zero-order chi connectivity index (χ0) is 18.3. The van der Waals surface area contributed by atoms with E-state index in [0.29, 0.717) is 10.7 Å². The van der Waals surface area contributed by atoms with Gasteiger partial charge in [-0.05, 0) is 38.1 Å². The lowest BCUT2D eigenvalue weighted by atomic mass is 10.2. The molecule has 24 heavy (non-hydrogen) atoms. The van der Waals surface area contributed by atoms with Crippen LogP contribution in [0.15, 0.2) is 30.0 Å². The average molecular weight is 370 g/mol. The third kappa shape index (κ3) is 4.63. The van der Waals surface area contributed by atoms with E-state index < -0.39 is 17.9 Å². The zero-order valence-corrected chi connectivity index (χ0v) is 15.0. The predicted octanol–water partition coefficient (Wildman–Crippen LogP) is 2.90. The Morgan fingerprint density at radius 3 is 2.58 bits per heavy atom. The Kier molecular flexibility index (Phi) is 7.56. The number of ether oxygens (including phenoxy) is 1. The number of hydrogen-bond donors (Lipinski definition) is 1. The second-order valence-corrected chi connectivity index (χ2v) is 5.50. The first kappa shape index (κ1) is 19.8. The number of benzene rings is 1. The summed E-state index contributed by atoms with van der Waals surface area (Å²) in [5.41, 5.74) is 0.380. The molecule has 0 heterocycles. The molecule has 0 saturated carbocycles. The van der Waals surface area contributed by atoms with E-state index in [9.17, 15) is 9.59 Å². The molecule has 8 heteroatoms. The fourth-order valence-corrected chi connectivity index (χ4v) is 2.28. The molecule has 0 aliphatic carbocycles. The minimum Gasteiger partial charge on any atom is -0.491 e. The smallest absolute Gasteiger partial charge is 0.293 e. The average Bonchev–Trinajstić information content (AvgIpc) is 2.57. The normalized spacial score (nSPS) is 12.1. The number of carbonyl (C=O) groups excluding carboxylic acids is 2. The van der Waals surface area contributed by atoms with Gasteiger partial charge in [-0.2, -0.15) is 5.26 Å². The van der Waals surface area contributed by atoms with Gasteiger partial charge in [-0.15, -0.1) is 0 Å². The van der Waals surface area contributed by atoms with Crippen LogP contribution in [0.5, 0.6) is 0 Å². The Morgan fingerprint density at radius 1 is 1.42 bits per heavy atom. The number of allylic oxidation sites excluding steroid dienone is 1. The van der Waals surface area contributed by atoms with Crippen molar-refractivity contribution >= 4 is 40.7 Å². The summed E-state index contributed by atoms with van der Waals surface area (Å²) in [5.74, 6) is -0.929. The first-order valence-electron chi connectivity index (χ1n) is 7.00. The summed E-state index contributed by atoms with van der Waals surface area (Å²) in [6.07, 6.45) is 1.49. The van der Waals surface area contributed by atoms with Gasteiger partial charge in [-0.1, -0.05) is 23.2 Å². The Balaban J connectivity index is 3.30. The van der Waals surface area contributed by atoms with Crippen LogP contribution in [0, 0.1) is 11.3 Å². The van der Waals surface area contributed by atoms with Crippen molar-refractivity contribution < 1.29 is 14.3 Å². The number of carbonyl (C=O) groups is 2. The van der Waals surface area contributed by atoms with Gasteiger partial charge in [-0.25, -0.2) is 0 Å². The molecule has 0 aromatic heterocycles. The molecule has 1 aromatic rings. The van der Waals surface area contributed by atoms with Crippen LogP contribution >= 0.6 is 23.2 Å². The van der Waals surface area contributed by atoms with Crippen molar-refractivity contribution in [2.24, 2.45) is 0 Å². The monoisotopic (exact) mass is 369 g/mol. The summed E-state index contributed by atoms with van der Waals surface area (Å²) >= 11 is 11.9. The topological polar surface area (TPSA) is 82.4 Å². The molecule has 1 N–H and O–H groups in total. The first-order valence-corrected chi connectivity index (χ1v) is 7.76. The number of nitrogens with one attached hydrogen (secondary N) is 1. The zero-order valence-electron chi connectivity index (χ0n) is 13.5. The highest BCUT2D eigenvalue weighted by Crippen LogP contribution is 2.29. The maximum Gasteiger partial charge on any atom is 0.293 e. The molecule has 0 aliphatic rings. The van der Waals surface area contributed by atoms with Crippen LogP contribution in [0.4, 0.5) is 5.69 Å². The van der Waals surface area contributed by atoms with E-state index in [1.165, 1.54) is 37.1 Å². The van der Waals surface area contributed by atoms with Gasteiger partial charge in [0.05, 0.1) is 23.2 Å². The lowest BCUT2D eigenvalue weighted by Gasteiger charge is -2.29. The van der Waals surface area contributed by atoms with Crippen molar-refractivity contribution in [3.63, 3.8) is 0 Å². The Hall–Kier alpha value is -2.23. The van der Waals surface area contributed by atoms with E-state index in [1.54, 1.807) is 13.0 Å². The van der Waals surface area contributed by atoms with Crippen molar-refractivity contribution in [3.05, 3.63) is 40.1 Å². The molecule has 0 bridgehead atoms. The summed E-state index contributed by atoms with van der Waals surface area (Å²) in [6.45, 7) is 3.02. The summed E-state index contributed by atoms with van der Waals surface area (Å²) in [4.78, 5) is 26.2. The van der Waals surface area contributed by atoms with Crippen LogP contribution in [0.2, 0.25) is 10.0 Å². The number of nitriles is 1. The second-order valence-electron chi connectivity index (χ2n) is 4.68. The molecule has 0 radical (unpaired) electrons. The minimum atomic E-state index is -0.895. The fourth-order valence-electron chi connectivity index (χ4n) is 1.99. The molecular formula is C16H17Cl2N3O3. The molecule has 0 saturated heterocycles. The van der Waals surface area contributed by atoms with Gasteiger partial charge < -0.3 is 10.1 Å². The molecule has 1 unspecified atom stereocenters. The molecule has 128 valence electrons. The van der Waals surface area contributed by atoms with Crippen molar-refractivity contribution in [1.82, 2.24) is 5.32 Å². The van der Waals surface area contributed by atoms with Crippen LogP contribution in [-0.2, 0) is 14.3 Å². The molecule has 6 nitrogen and oxygen atoms in total. The number of rotatable bonds is 6. The Labute approximate surface area is 150 Å². The Bertz CT molecular complexity index is 698. The van der Waals surface area contributed by atoms with E-state index in [4.69, 9.17) is 33.2 Å². The fraction of sp³-hybridized carbons (Fsp3) is 0.312. The third-order valence-electron chi connectivity index (χ3n) is 3.20. The molecule has 1 atom stereocenters. The van der Waals surface area contributed by atoms with Gasteiger partial charge in [0.1, 0.15) is 12.6 Å². The van der Waals surface area contributed by atoms with Crippen LogP contribution < -0.4 is 10.2 Å². The molecule has 1 rings (SSSR count). The molecule has 1 aromatic carbocycles. The SMILES string of the molecule is CC=C(OC)C(=O)N(c1ccc(Cl)c(Cl)c1)C(C)C(=O)NCC#N. The van der Waals surface area contributed by atoms with Crippen LogP contribution in [0.25, 0.3) is 0 Å². The third-order valence-corrected chi connectivity index (χ3v) is 3.94. The van der Waals surface area contributed by atoms with Gasteiger partial charge >= 0.3 is 0 Å². The van der Waals surface area contributed by atoms with E-state index in [2.05, 4.69) is 5.32 Å². The van der Waals surface area contributed by atoms with Gasteiger partial charge in [0.15, 0.2) is 5.76 Å². The summed E-state index contributed by atoms with van der Waals surface area (Å²) in [6, 6.07) is 5.50. The first-order chi connectivity index (χ1) is 11.4. The van der Waals surface area contributed by atoms with Crippen LogP contribution in [0.3, 0.4) is 0 Å². The number of halogens is 2. The predicted molar refractivity (Wildman–Crippen MR) is 92.8 cm³/mol. The maximum absolute atomic E-state index is 12.7. The number of anilines is 1. The highest BCUT2D eigenvalue weighted by molar-refractivity contribution is 6.42. The quantitative estimate of drug-likeness (QED) is 0.474. The minimum absolute atomic E-state index is 0.0704. The molecule has 2 amide bonds. The summed E-state index contributed by atoms with van der Waals surface area (Å²) < 4.78 is 5.06.